The zero-order chi connectivity index (χ0) is 18.7. The van der Waals surface area contributed by atoms with E-state index in [9.17, 15) is 4.79 Å². The lowest BCUT2D eigenvalue weighted by Gasteiger charge is -2.39. The van der Waals surface area contributed by atoms with Gasteiger partial charge in [-0.15, -0.1) is 0 Å². The fourth-order valence-corrected chi connectivity index (χ4v) is 3.72. The van der Waals surface area contributed by atoms with E-state index in [4.69, 9.17) is 23.2 Å². The molecule has 1 amide bonds. The highest BCUT2D eigenvalue weighted by Gasteiger charge is 2.26. The molecule has 0 bridgehead atoms. The van der Waals surface area contributed by atoms with Gasteiger partial charge in [-0.2, -0.15) is 0 Å². The molecule has 0 unspecified atom stereocenters. The van der Waals surface area contributed by atoms with Crippen LogP contribution in [0.3, 0.4) is 0 Å². The van der Waals surface area contributed by atoms with Gasteiger partial charge < -0.3 is 10.2 Å². The van der Waals surface area contributed by atoms with Crippen molar-refractivity contribution < 1.29 is 4.79 Å². The molecule has 1 N–H and O–H groups in total. The molecule has 2 aromatic rings. The Labute approximate surface area is 164 Å². The maximum atomic E-state index is 12.6. The molecule has 1 heterocycles. The summed E-state index contributed by atoms with van der Waals surface area (Å²) in [5.74, 6) is -0.0569. The normalized spacial score (nSPS) is 16.4. The predicted molar refractivity (Wildman–Crippen MR) is 110 cm³/mol. The van der Waals surface area contributed by atoms with Gasteiger partial charge >= 0.3 is 0 Å². The second kappa shape index (κ2) is 8.30. The Morgan fingerprint density at radius 3 is 2.42 bits per heavy atom. The Balaban J connectivity index is 1.58. The van der Waals surface area contributed by atoms with E-state index in [2.05, 4.69) is 46.3 Å². The molecule has 0 saturated carbocycles. The number of carbonyl (C=O) groups is 1. The third-order valence-corrected chi connectivity index (χ3v) is 5.43. The lowest BCUT2D eigenvalue weighted by molar-refractivity contribution is -0.120. The molecule has 138 valence electrons. The molecule has 1 aliphatic heterocycles. The Kier molecular flexibility index (Phi) is 6.07. The van der Waals surface area contributed by atoms with Crippen molar-refractivity contribution in [3.8, 4) is 0 Å². The number of nitrogens with one attached hydrogen (secondary N) is 1. The van der Waals surface area contributed by atoms with E-state index >= 15 is 0 Å². The highest BCUT2D eigenvalue weighted by molar-refractivity contribution is 6.36. The number of piperazine rings is 1. The summed E-state index contributed by atoms with van der Waals surface area (Å²) in [6.07, 6.45) is 0. The lowest BCUT2D eigenvalue weighted by atomic mass is 10.1. The zero-order valence-electron chi connectivity index (χ0n) is 15.0. The number of benzene rings is 2. The molecule has 0 spiro atoms. The first-order chi connectivity index (χ1) is 12.5. The lowest BCUT2D eigenvalue weighted by Crippen LogP contribution is -2.53. The Bertz CT molecular complexity index is 788. The SMILES string of the molecule is Cc1ccccc1N1CCN([C@@H](C)C(=O)Nc2ccc(Cl)cc2Cl)CC1. The van der Waals surface area contributed by atoms with Crippen LogP contribution < -0.4 is 10.2 Å². The number of nitrogens with zero attached hydrogens (tertiary/aromatic N) is 2. The van der Waals surface area contributed by atoms with Gasteiger partial charge in [-0.1, -0.05) is 41.4 Å². The topological polar surface area (TPSA) is 35.6 Å². The van der Waals surface area contributed by atoms with Crippen molar-refractivity contribution in [3.05, 3.63) is 58.1 Å². The van der Waals surface area contributed by atoms with E-state index < -0.39 is 0 Å². The van der Waals surface area contributed by atoms with Crippen molar-refractivity contribution in [3.63, 3.8) is 0 Å². The first kappa shape index (κ1) is 19.0. The molecule has 4 nitrogen and oxygen atoms in total. The van der Waals surface area contributed by atoms with Crippen molar-refractivity contribution in [2.75, 3.05) is 36.4 Å². The Morgan fingerprint density at radius 1 is 1.08 bits per heavy atom. The zero-order valence-corrected chi connectivity index (χ0v) is 16.5. The summed E-state index contributed by atoms with van der Waals surface area (Å²) in [7, 11) is 0. The number of para-hydroxylation sites is 1. The molecule has 2 aromatic carbocycles. The number of carbonyl (C=O) groups excluding carboxylic acids is 1. The largest absolute Gasteiger partial charge is 0.369 e. The van der Waals surface area contributed by atoms with Crippen LogP contribution in [0.1, 0.15) is 12.5 Å². The summed E-state index contributed by atoms with van der Waals surface area (Å²) in [6.45, 7) is 7.57. The molecular formula is C20H23Cl2N3O. The van der Waals surface area contributed by atoms with E-state index in [1.54, 1.807) is 18.2 Å². The molecule has 1 atom stereocenters. The van der Waals surface area contributed by atoms with E-state index in [0.29, 0.717) is 15.7 Å². The van der Waals surface area contributed by atoms with Crippen LogP contribution in [0.15, 0.2) is 42.5 Å². The number of halogens is 2. The van der Waals surface area contributed by atoms with E-state index in [0.717, 1.165) is 26.2 Å². The fourth-order valence-electron chi connectivity index (χ4n) is 3.26. The van der Waals surface area contributed by atoms with Gasteiger partial charge in [0.2, 0.25) is 5.91 Å². The number of rotatable bonds is 4. The second-order valence-corrected chi connectivity index (χ2v) is 7.44. The summed E-state index contributed by atoms with van der Waals surface area (Å²) in [5, 5.41) is 3.90. The van der Waals surface area contributed by atoms with Crippen LogP contribution in [-0.4, -0.2) is 43.0 Å². The number of hydrogen-bond acceptors (Lipinski definition) is 3. The van der Waals surface area contributed by atoms with Crippen LogP contribution in [0.25, 0.3) is 0 Å². The van der Waals surface area contributed by atoms with Crippen LogP contribution in [-0.2, 0) is 4.79 Å². The minimum Gasteiger partial charge on any atom is -0.369 e. The standard InChI is InChI=1S/C20H23Cl2N3O/c1-14-5-3-4-6-19(14)25-11-9-24(10-12-25)15(2)20(26)23-18-8-7-16(21)13-17(18)22/h3-8,13,15H,9-12H2,1-2H3,(H,23,26)/t15-/m0/s1. The molecule has 1 fully saturated rings. The van der Waals surface area contributed by atoms with Gasteiger partial charge in [-0.05, 0) is 43.7 Å². The number of aryl methyl sites for hydroxylation is 1. The van der Waals surface area contributed by atoms with Crippen molar-refractivity contribution in [2.45, 2.75) is 19.9 Å². The molecule has 0 aromatic heterocycles. The van der Waals surface area contributed by atoms with Gasteiger partial charge in [-0.3, -0.25) is 9.69 Å². The van der Waals surface area contributed by atoms with Gasteiger partial charge in [0, 0.05) is 36.9 Å². The van der Waals surface area contributed by atoms with Crippen LogP contribution in [0.2, 0.25) is 10.0 Å². The second-order valence-electron chi connectivity index (χ2n) is 6.60. The van der Waals surface area contributed by atoms with Crippen molar-refractivity contribution >= 4 is 40.5 Å². The van der Waals surface area contributed by atoms with Crippen molar-refractivity contribution in [1.29, 1.82) is 0 Å². The van der Waals surface area contributed by atoms with Crippen molar-refractivity contribution in [1.82, 2.24) is 4.90 Å². The highest BCUT2D eigenvalue weighted by Crippen LogP contribution is 2.26. The average molecular weight is 392 g/mol. The van der Waals surface area contributed by atoms with Crippen LogP contribution in [0.4, 0.5) is 11.4 Å². The Morgan fingerprint density at radius 2 is 1.77 bits per heavy atom. The summed E-state index contributed by atoms with van der Waals surface area (Å²) < 4.78 is 0. The van der Waals surface area contributed by atoms with Crippen LogP contribution >= 0.6 is 23.2 Å². The van der Waals surface area contributed by atoms with E-state index in [1.165, 1.54) is 11.3 Å². The third kappa shape index (κ3) is 4.32. The van der Waals surface area contributed by atoms with Gasteiger partial charge in [0.25, 0.3) is 0 Å². The summed E-state index contributed by atoms with van der Waals surface area (Å²) in [6, 6.07) is 13.3. The van der Waals surface area contributed by atoms with Gasteiger partial charge in [-0.25, -0.2) is 0 Å². The average Bonchev–Trinajstić information content (AvgIpc) is 2.64. The molecule has 3 rings (SSSR count). The smallest absolute Gasteiger partial charge is 0.241 e. The number of amides is 1. The minimum atomic E-state index is -0.222. The molecule has 1 aliphatic rings. The van der Waals surface area contributed by atoms with Crippen LogP contribution in [0.5, 0.6) is 0 Å². The first-order valence-corrected chi connectivity index (χ1v) is 9.52. The van der Waals surface area contributed by atoms with Gasteiger partial charge in [0.15, 0.2) is 0 Å². The molecule has 0 aliphatic carbocycles. The monoisotopic (exact) mass is 391 g/mol. The van der Waals surface area contributed by atoms with Crippen LogP contribution in [0, 0.1) is 6.92 Å². The van der Waals surface area contributed by atoms with Crippen molar-refractivity contribution in [2.24, 2.45) is 0 Å². The summed E-state index contributed by atoms with van der Waals surface area (Å²) in [4.78, 5) is 17.2. The third-order valence-electron chi connectivity index (χ3n) is 4.89. The molecular weight excluding hydrogens is 369 g/mol. The summed E-state index contributed by atoms with van der Waals surface area (Å²) >= 11 is 12.0. The Hall–Kier alpha value is -1.75. The maximum absolute atomic E-state index is 12.6. The predicted octanol–water partition coefficient (Wildman–Crippen LogP) is 4.45. The highest BCUT2D eigenvalue weighted by atomic mass is 35.5. The molecule has 1 saturated heterocycles. The summed E-state index contributed by atoms with van der Waals surface area (Å²) in [5.41, 5.74) is 3.15. The van der Waals surface area contributed by atoms with Gasteiger partial charge in [0.1, 0.15) is 0 Å². The van der Waals surface area contributed by atoms with E-state index in [1.807, 2.05) is 6.92 Å². The number of hydrogen-bond donors (Lipinski definition) is 1. The maximum Gasteiger partial charge on any atom is 0.241 e. The molecule has 26 heavy (non-hydrogen) atoms. The quantitative estimate of drug-likeness (QED) is 0.835. The first-order valence-electron chi connectivity index (χ1n) is 8.76. The number of anilines is 2. The molecule has 0 radical (unpaired) electrons. The molecule has 6 heteroatoms. The minimum absolute atomic E-state index is 0.0569. The fraction of sp³-hybridized carbons (Fsp3) is 0.350. The van der Waals surface area contributed by atoms with Gasteiger partial charge in [0.05, 0.1) is 16.8 Å². The van der Waals surface area contributed by atoms with E-state index in [-0.39, 0.29) is 11.9 Å².